The van der Waals surface area contributed by atoms with E-state index in [0.717, 1.165) is 16.3 Å². The van der Waals surface area contributed by atoms with Crippen LogP contribution in [0.4, 0.5) is 0 Å². The molecule has 1 atom stereocenters. The number of nitrogens with zero attached hydrogens (tertiary/aromatic N) is 4. The zero-order valence-corrected chi connectivity index (χ0v) is 13.7. The highest BCUT2D eigenvalue weighted by atomic mass is 32.2. The second kappa shape index (κ2) is 6.57. The van der Waals surface area contributed by atoms with E-state index in [1.54, 1.807) is 17.0 Å². The van der Waals surface area contributed by atoms with Gasteiger partial charge in [0.05, 0.1) is 25.0 Å². The first-order valence-electron chi connectivity index (χ1n) is 6.92. The van der Waals surface area contributed by atoms with Gasteiger partial charge in [-0.15, -0.1) is 5.10 Å². The molecule has 0 N–H and O–H groups in total. The van der Waals surface area contributed by atoms with Gasteiger partial charge in [-0.25, -0.2) is 8.42 Å². The number of aromatic nitrogens is 2. The number of aryl methyl sites for hydroxylation is 1. The maximum absolute atomic E-state index is 12.1. The van der Waals surface area contributed by atoms with Crippen molar-refractivity contribution in [2.45, 2.75) is 19.4 Å². The number of hydrogen-bond donors (Lipinski definition) is 0. The summed E-state index contributed by atoms with van der Waals surface area (Å²) in [4.78, 5) is 13.7. The second-order valence-corrected chi connectivity index (χ2v) is 7.49. The summed E-state index contributed by atoms with van der Waals surface area (Å²) in [7, 11) is -1.97. The lowest BCUT2D eigenvalue weighted by Gasteiger charge is -2.20. The fourth-order valence-corrected chi connectivity index (χ4v) is 2.42. The van der Waals surface area contributed by atoms with Crippen molar-refractivity contribution in [3.63, 3.8) is 0 Å². The van der Waals surface area contributed by atoms with Crippen LogP contribution in [0.15, 0.2) is 12.1 Å². The van der Waals surface area contributed by atoms with E-state index in [-0.39, 0.29) is 18.6 Å². The van der Waals surface area contributed by atoms with Gasteiger partial charge in [0.15, 0.2) is 0 Å². The van der Waals surface area contributed by atoms with Crippen LogP contribution in [0.5, 0.6) is 5.88 Å². The molecule has 122 valence electrons. The topological polar surface area (TPSA) is 92.7 Å². The Labute approximate surface area is 130 Å². The zero-order chi connectivity index (χ0) is 16.3. The van der Waals surface area contributed by atoms with Gasteiger partial charge < -0.3 is 9.64 Å². The Bertz CT molecular complexity index is 632. The van der Waals surface area contributed by atoms with Gasteiger partial charge in [0.2, 0.25) is 21.8 Å². The highest BCUT2D eigenvalue weighted by molar-refractivity contribution is 7.88. The summed E-state index contributed by atoms with van der Waals surface area (Å²) in [6.45, 7) is 2.65. The lowest BCUT2D eigenvalue weighted by Crippen LogP contribution is -2.40. The maximum atomic E-state index is 12.1. The summed E-state index contributed by atoms with van der Waals surface area (Å²) < 4.78 is 29.4. The van der Waals surface area contributed by atoms with E-state index in [2.05, 4.69) is 10.2 Å². The summed E-state index contributed by atoms with van der Waals surface area (Å²) in [6, 6.07) is 3.55. The van der Waals surface area contributed by atoms with Gasteiger partial charge in [-0.2, -0.15) is 9.40 Å². The largest absolute Gasteiger partial charge is 0.471 e. The quantitative estimate of drug-likeness (QED) is 0.734. The molecule has 1 aromatic rings. The third-order valence-corrected chi connectivity index (χ3v) is 4.74. The minimum Gasteiger partial charge on any atom is -0.471 e. The fourth-order valence-electron chi connectivity index (χ4n) is 2.08. The van der Waals surface area contributed by atoms with Gasteiger partial charge in [0.1, 0.15) is 6.10 Å². The van der Waals surface area contributed by atoms with Crippen molar-refractivity contribution in [2.24, 2.45) is 0 Å². The van der Waals surface area contributed by atoms with E-state index in [1.807, 2.05) is 6.92 Å². The molecule has 1 aromatic heterocycles. The summed E-state index contributed by atoms with van der Waals surface area (Å²) in [5, 5.41) is 7.84. The van der Waals surface area contributed by atoms with E-state index in [9.17, 15) is 13.2 Å². The van der Waals surface area contributed by atoms with E-state index in [4.69, 9.17) is 4.74 Å². The molecule has 0 aromatic carbocycles. The Balaban J connectivity index is 1.87. The Kier molecular flexibility index (Phi) is 4.97. The van der Waals surface area contributed by atoms with Gasteiger partial charge in [0, 0.05) is 26.1 Å². The van der Waals surface area contributed by atoms with E-state index < -0.39 is 10.0 Å². The van der Waals surface area contributed by atoms with Crippen LogP contribution in [-0.2, 0) is 14.8 Å². The summed E-state index contributed by atoms with van der Waals surface area (Å²) in [6.07, 6.45) is 1.61. The molecule has 0 radical (unpaired) electrons. The number of sulfonamides is 1. The van der Waals surface area contributed by atoms with Crippen molar-refractivity contribution in [3.05, 3.63) is 17.8 Å². The molecular formula is C13H20N4O4S. The molecule has 1 amide bonds. The first kappa shape index (κ1) is 16.6. The molecule has 22 heavy (non-hydrogen) atoms. The SMILES string of the molecule is Cc1ccc(O[C@H]2CCN(C(=O)CN(C)S(C)(=O)=O)C2)nn1. The highest BCUT2D eigenvalue weighted by Gasteiger charge is 2.29. The molecule has 8 nitrogen and oxygen atoms in total. The fraction of sp³-hybridized carbons (Fsp3) is 0.615. The highest BCUT2D eigenvalue weighted by Crippen LogP contribution is 2.16. The smallest absolute Gasteiger partial charge is 0.238 e. The number of likely N-dealkylation sites (tertiary alicyclic amines) is 1. The van der Waals surface area contributed by atoms with E-state index >= 15 is 0 Å². The standard InChI is InChI=1S/C13H20N4O4S/c1-10-4-5-12(15-14-10)21-11-6-7-17(8-11)13(18)9-16(2)22(3,19)20/h4-5,11H,6-9H2,1-3H3/t11-/m0/s1. The van der Waals surface area contributed by atoms with Gasteiger partial charge in [0.25, 0.3) is 0 Å². The number of amides is 1. The number of likely N-dealkylation sites (N-methyl/N-ethyl adjacent to an activating group) is 1. The molecule has 2 heterocycles. The predicted molar refractivity (Wildman–Crippen MR) is 79.9 cm³/mol. The van der Waals surface area contributed by atoms with Crippen molar-refractivity contribution in [2.75, 3.05) is 32.9 Å². The van der Waals surface area contributed by atoms with Gasteiger partial charge in [-0.05, 0) is 13.0 Å². The molecule has 1 aliphatic rings. The third-order valence-electron chi connectivity index (χ3n) is 3.48. The maximum Gasteiger partial charge on any atom is 0.238 e. The molecular weight excluding hydrogens is 308 g/mol. The lowest BCUT2D eigenvalue weighted by atomic mass is 10.3. The van der Waals surface area contributed by atoms with Gasteiger partial charge >= 0.3 is 0 Å². The van der Waals surface area contributed by atoms with Crippen molar-refractivity contribution in [1.29, 1.82) is 0 Å². The summed E-state index contributed by atoms with van der Waals surface area (Å²) in [5.74, 6) is 0.201. The van der Waals surface area contributed by atoms with Crippen molar-refractivity contribution >= 4 is 15.9 Å². The van der Waals surface area contributed by atoms with Crippen LogP contribution in [0.2, 0.25) is 0 Å². The predicted octanol–water partition coefficient (Wildman–Crippen LogP) is -0.344. The third kappa shape index (κ3) is 4.38. The van der Waals surface area contributed by atoms with Crippen molar-refractivity contribution < 1.29 is 17.9 Å². The van der Waals surface area contributed by atoms with Gasteiger partial charge in [-0.3, -0.25) is 4.79 Å². The van der Waals surface area contributed by atoms with Crippen LogP contribution in [0.1, 0.15) is 12.1 Å². The normalized spacial score (nSPS) is 18.7. The Hall–Kier alpha value is -1.74. The Morgan fingerprint density at radius 2 is 2.18 bits per heavy atom. The molecule has 2 rings (SSSR count). The van der Waals surface area contributed by atoms with E-state index in [0.29, 0.717) is 25.4 Å². The molecule has 1 aliphatic heterocycles. The molecule has 0 spiro atoms. The molecule has 0 unspecified atom stereocenters. The van der Waals surface area contributed by atoms with Gasteiger partial charge in [-0.1, -0.05) is 0 Å². The molecule has 9 heteroatoms. The number of carbonyl (C=O) groups excluding carboxylic acids is 1. The summed E-state index contributed by atoms with van der Waals surface area (Å²) in [5.41, 5.74) is 0.805. The number of ether oxygens (including phenoxy) is 1. The number of hydrogen-bond acceptors (Lipinski definition) is 6. The summed E-state index contributed by atoms with van der Waals surface area (Å²) >= 11 is 0. The first-order valence-corrected chi connectivity index (χ1v) is 8.76. The van der Waals surface area contributed by atoms with Crippen LogP contribution in [0.3, 0.4) is 0 Å². The van der Waals surface area contributed by atoms with Crippen LogP contribution >= 0.6 is 0 Å². The van der Waals surface area contributed by atoms with Crippen molar-refractivity contribution in [1.82, 2.24) is 19.4 Å². The monoisotopic (exact) mass is 328 g/mol. The average molecular weight is 328 g/mol. The zero-order valence-electron chi connectivity index (χ0n) is 12.9. The molecule has 1 saturated heterocycles. The van der Waals surface area contributed by atoms with Crippen LogP contribution < -0.4 is 4.74 Å². The molecule has 0 saturated carbocycles. The second-order valence-electron chi connectivity index (χ2n) is 5.40. The van der Waals surface area contributed by atoms with Crippen LogP contribution in [-0.4, -0.2) is 72.8 Å². The first-order chi connectivity index (χ1) is 10.3. The minimum absolute atomic E-state index is 0.149. The number of rotatable bonds is 5. The van der Waals surface area contributed by atoms with Crippen LogP contribution in [0.25, 0.3) is 0 Å². The van der Waals surface area contributed by atoms with Crippen molar-refractivity contribution in [3.8, 4) is 5.88 Å². The minimum atomic E-state index is -3.36. The molecule has 1 fully saturated rings. The molecule has 0 bridgehead atoms. The average Bonchev–Trinajstić information content (AvgIpc) is 2.89. The molecule has 0 aliphatic carbocycles. The Morgan fingerprint density at radius 1 is 1.45 bits per heavy atom. The number of carbonyl (C=O) groups is 1. The lowest BCUT2D eigenvalue weighted by molar-refractivity contribution is -0.130. The van der Waals surface area contributed by atoms with E-state index in [1.165, 1.54) is 7.05 Å². The Morgan fingerprint density at radius 3 is 2.77 bits per heavy atom. The van der Waals surface area contributed by atoms with Crippen LogP contribution in [0, 0.1) is 6.92 Å².